The van der Waals surface area contributed by atoms with Gasteiger partial charge in [-0.3, -0.25) is 0 Å². The summed E-state index contributed by atoms with van der Waals surface area (Å²) in [6.45, 7) is 0. The average Bonchev–Trinajstić information content (AvgIpc) is 3.86. The van der Waals surface area contributed by atoms with Crippen molar-refractivity contribution in [3.05, 3.63) is 194 Å². The number of rotatable bonds is 6. The number of fused-ring (bicyclic) bond motifs is 8. The van der Waals surface area contributed by atoms with Crippen molar-refractivity contribution in [1.29, 1.82) is 0 Å². The summed E-state index contributed by atoms with van der Waals surface area (Å²) in [7, 11) is 0. The molecule has 5 nitrogen and oxygen atoms in total. The zero-order valence-corrected chi connectivity index (χ0v) is 29.7. The maximum Gasteiger partial charge on any atom is 0.137 e. The van der Waals surface area contributed by atoms with Crippen molar-refractivity contribution in [3.8, 4) is 27.9 Å². The molecule has 0 radical (unpaired) electrons. The minimum Gasteiger partial charge on any atom is -0.456 e. The van der Waals surface area contributed by atoms with E-state index < -0.39 is 0 Å². The molecule has 2 heterocycles. The second kappa shape index (κ2) is 12.6. The van der Waals surface area contributed by atoms with Gasteiger partial charge in [0.25, 0.3) is 0 Å². The van der Waals surface area contributed by atoms with Crippen LogP contribution in [0, 0.1) is 0 Å². The smallest absolute Gasteiger partial charge is 0.137 e. The Morgan fingerprint density at radius 1 is 0.400 bits per heavy atom. The molecule has 0 amide bonds. The number of furan rings is 1. The summed E-state index contributed by atoms with van der Waals surface area (Å²) < 4.78 is 6.39. The van der Waals surface area contributed by atoms with Crippen molar-refractivity contribution in [2.24, 2.45) is 0 Å². The SMILES string of the molecule is c1ccc(-c2cccc(N(c3cccc(-c4ccc5c(ccc6ccc7nn(-c8ccccc8)nc7c65)c4)c3)c3ccc4c(c3)oc3ccccc34)c2)cc1. The van der Waals surface area contributed by atoms with E-state index in [1.54, 1.807) is 4.80 Å². The fourth-order valence-corrected chi connectivity index (χ4v) is 7.96. The van der Waals surface area contributed by atoms with Crippen LogP contribution in [0.1, 0.15) is 0 Å². The van der Waals surface area contributed by atoms with Gasteiger partial charge >= 0.3 is 0 Å². The highest BCUT2D eigenvalue weighted by Gasteiger charge is 2.18. The Bertz CT molecular complexity index is 3220. The number of hydrogen-bond acceptors (Lipinski definition) is 4. The van der Waals surface area contributed by atoms with Crippen molar-refractivity contribution in [2.45, 2.75) is 0 Å². The zero-order valence-electron chi connectivity index (χ0n) is 29.7. The molecule has 0 aliphatic heterocycles. The molecule has 9 aromatic carbocycles. The maximum atomic E-state index is 6.39. The van der Waals surface area contributed by atoms with Crippen molar-refractivity contribution >= 4 is 71.6 Å². The third kappa shape index (κ3) is 5.33. The van der Waals surface area contributed by atoms with Gasteiger partial charge in [0.1, 0.15) is 22.2 Å². The first-order valence-electron chi connectivity index (χ1n) is 18.5. The summed E-state index contributed by atoms with van der Waals surface area (Å²) in [4.78, 5) is 4.06. The van der Waals surface area contributed by atoms with Gasteiger partial charge in [0.15, 0.2) is 0 Å². The van der Waals surface area contributed by atoms with Gasteiger partial charge in [-0.05, 0) is 105 Å². The van der Waals surface area contributed by atoms with Crippen LogP contribution in [0.2, 0.25) is 0 Å². The van der Waals surface area contributed by atoms with Crippen LogP contribution in [0.15, 0.2) is 199 Å². The third-order valence-electron chi connectivity index (χ3n) is 10.6. The average molecular weight is 705 g/mol. The predicted octanol–water partition coefficient (Wildman–Crippen LogP) is 13.4. The monoisotopic (exact) mass is 704 g/mol. The Balaban J connectivity index is 1.04. The lowest BCUT2D eigenvalue weighted by molar-refractivity contribution is 0.669. The third-order valence-corrected chi connectivity index (χ3v) is 10.6. The minimum atomic E-state index is 0.860. The molecule has 0 saturated heterocycles. The lowest BCUT2D eigenvalue weighted by Crippen LogP contribution is -2.10. The number of hydrogen-bond donors (Lipinski definition) is 0. The highest BCUT2D eigenvalue weighted by Crippen LogP contribution is 2.41. The van der Waals surface area contributed by atoms with Crippen LogP contribution >= 0.6 is 0 Å². The number of anilines is 3. The second-order valence-corrected chi connectivity index (χ2v) is 13.9. The Morgan fingerprint density at radius 2 is 1.02 bits per heavy atom. The van der Waals surface area contributed by atoms with E-state index in [1.165, 1.54) is 5.56 Å². The minimum absolute atomic E-state index is 0.860. The molecule has 0 aliphatic rings. The largest absolute Gasteiger partial charge is 0.456 e. The molecule has 0 atom stereocenters. The summed E-state index contributed by atoms with van der Waals surface area (Å²) in [5, 5.41) is 16.6. The molecular formula is C50H32N4O. The van der Waals surface area contributed by atoms with Crippen molar-refractivity contribution in [2.75, 3.05) is 4.90 Å². The van der Waals surface area contributed by atoms with Crippen molar-refractivity contribution < 1.29 is 4.42 Å². The van der Waals surface area contributed by atoms with Gasteiger partial charge in [0.05, 0.1) is 5.69 Å². The highest BCUT2D eigenvalue weighted by molar-refractivity contribution is 6.18. The number of benzene rings is 9. The first-order valence-corrected chi connectivity index (χ1v) is 18.5. The van der Waals surface area contributed by atoms with E-state index in [0.717, 1.165) is 94.0 Å². The van der Waals surface area contributed by atoms with Gasteiger partial charge in [-0.15, -0.1) is 10.2 Å². The molecule has 5 heteroatoms. The van der Waals surface area contributed by atoms with E-state index in [9.17, 15) is 0 Å². The molecule has 0 fully saturated rings. The van der Waals surface area contributed by atoms with E-state index in [2.05, 4.69) is 157 Å². The summed E-state index contributed by atoms with van der Waals surface area (Å²) in [6, 6.07) is 68.3. The van der Waals surface area contributed by atoms with Crippen molar-refractivity contribution in [3.63, 3.8) is 0 Å². The maximum absolute atomic E-state index is 6.39. The zero-order chi connectivity index (χ0) is 36.3. The van der Waals surface area contributed by atoms with Crippen LogP contribution in [0.5, 0.6) is 0 Å². The summed E-state index contributed by atoms with van der Waals surface area (Å²) in [5.74, 6) is 0. The van der Waals surface area contributed by atoms with Crippen LogP contribution in [0.25, 0.3) is 82.5 Å². The van der Waals surface area contributed by atoms with Crippen molar-refractivity contribution in [1.82, 2.24) is 15.0 Å². The molecule has 0 bridgehead atoms. The lowest BCUT2D eigenvalue weighted by atomic mass is 9.96. The van der Waals surface area contributed by atoms with Crippen LogP contribution in [-0.4, -0.2) is 15.0 Å². The molecule has 55 heavy (non-hydrogen) atoms. The van der Waals surface area contributed by atoms with Crippen LogP contribution in [-0.2, 0) is 0 Å². The fourth-order valence-electron chi connectivity index (χ4n) is 7.96. The molecule has 258 valence electrons. The normalized spacial score (nSPS) is 11.6. The van der Waals surface area contributed by atoms with Gasteiger partial charge < -0.3 is 9.32 Å². The number of aromatic nitrogens is 3. The fraction of sp³-hybridized carbons (Fsp3) is 0. The second-order valence-electron chi connectivity index (χ2n) is 13.9. The van der Waals surface area contributed by atoms with E-state index in [-0.39, 0.29) is 0 Å². The van der Waals surface area contributed by atoms with Gasteiger partial charge in [-0.25, -0.2) is 0 Å². The quantitative estimate of drug-likeness (QED) is 0.162. The van der Waals surface area contributed by atoms with E-state index in [0.29, 0.717) is 0 Å². The molecule has 0 N–H and O–H groups in total. The Kier molecular flexibility index (Phi) is 7.10. The van der Waals surface area contributed by atoms with E-state index in [1.807, 2.05) is 42.5 Å². The van der Waals surface area contributed by atoms with E-state index in [4.69, 9.17) is 14.6 Å². The summed E-state index contributed by atoms with van der Waals surface area (Å²) >= 11 is 0. The van der Waals surface area contributed by atoms with Gasteiger partial charge in [-0.1, -0.05) is 121 Å². The first kappa shape index (κ1) is 31.1. The Labute approximate surface area is 316 Å². The Morgan fingerprint density at radius 3 is 1.84 bits per heavy atom. The predicted molar refractivity (Wildman–Crippen MR) is 227 cm³/mol. The summed E-state index contributed by atoms with van der Waals surface area (Å²) in [6.07, 6.45) is 0. The van der Waals surface area contributed by atoms with E-state index >= 15 is 0 Å². The standard InChI is InChI=1S/C50H32N4O/c1-3-11-33(12-4-1)35-13-9-17-40(30-35)53(42-25-27-45-44-19-7-8-20-47(44)55-48(45)32-42)41-18-10-14-36(31-41)37-23-26-43-38(29-37)22-21-34-24-28-46-50(49(34)43)52-54(51-46)39-15-5-2-6-16-39/h1-32H. The number of nitrogens with zero attached hydrogens (tertiary/aromatic N) is 4. The van der Waals surface area contributed by atoms with Crippen LogP contribution < -0.4 is 4.90 Å². The summed E-state index contributed by atoms with van der Waals surface area (Å²) in [5.41, 5.74) is 12.2. The van der Waals surface area contributed by atoms with Crippen LogP contribution in [0.3, 0.4) is 0 Å². The highest BCUT2D eigenvalue weighted by atomic mass is 16.3. The molecule has 2 aromatic heterocycles. The molecule has 0 unspecified atom stereocenters. The molecule has 11 rings (SSSR count). The van der Waals surface area contributed by atoms with Gasteiger partial charge in [-0.2, -0.15) is 4.80 Å². The molecule has 0 spiro atoms. The molecule has 11 aromatic rings. The molecule has 0 aliphatic carbocycles. The molecular weight excluding hydrogens is 673 g/mol. The first-order chi connectivity index (χ1) is 27.2. The topological polar surface area (TPSA) is 47.1 Å². The Hall–Kier alpha value is -7.50. The lowest BCUT2D eigenvalue weighted by Gasteiger charge is -2.26. The van der Waals surface area contributed by atoms with Crippen LogP contribution in [0.4, 0.5) is 17.1 Å². The molecule has 0 saturated carbocycles. The van der Waals surface area contributed by atoms with Gasteiger partial charge in [0.2, 0.25) is 0 Å². The van der Waals surface area contributed by atoms with Gasteiger partial charge in [0, 0.05) is 39.3 Å². The number of para-hydroxylation sites is 2.